The summed E-state index contributed by atoms with van der Waals surface area (Å²) >= 11 is 0. The summed E-state index contributed by atoms with van der Waals surface area (Å²) in [6, 6.07) is 0. The Hall–Kier alpha value is -0.960. The van der Waals surface area contributed by atoms with Gasteiger partial charge in [-0.05, 0) is 0 Å². The van der Waals surface area contributed by atoms with E-state index in [1.807, 2.05) is 0 Å². The molecule has 192 valence electrons. The highest BCUT2D eigenvalue weighted by Gasteiger charge is -0.389. The van der Waals surface area contributed by atoms with Crippen LogP contribution in [0.1, 0.15) is 0 Å². The Bertz CT molecular complexity index is 0. The summed E-state index contributed by atoms with van der Waals surface area (Å²) < 4.78 is 0. The fourth-order valence-corrected chi connectivity index (χ4v) is 0. The third-order valence-electron chi connectivity index (χ3n) is 0. The molecule has 0 aliphatic carbocycles. The van der Waals surface area contributed by atoms with Crippen molar-refractivity contribution in [1.29, 1.82) is 0 Å². The highest BCUT2D eigenvalue weighted by atomic mass is 16.0. The van der Waals surface area contributed by atoms with Crippen LogP contribution in [-0.2, 0) is 0 Å². The Kier molecular flexibility index (Phi) is 5360000. The summed E-state index contributed by atoms with van der Waals surface area (Å²) in [6.07, 6.45) is 0. The Morgan fingerprint density at radius 3 is 0.0417 bits per heavy atom. The van der Waals surface area contributed by atoms with Crippen LogP contribution in [0.15, 0.2) is 0 Å². The van der Waals surface area contributed by atoms with Gasteiger partial charge < -0.3 is 131 Å². The van der Waals surface area contributed by atoms with Gasteiger partial charge in [0.05, 0.1) is 0 Å². The quantitative estimate of drug-likeness (QED) is 0.344. The van der Waals surface area contributed by atoms with E-state index in [2.05, 4.69) is 0 Å². The van der Waals surface area contributed by atoms with Crippen molar-refractivity contribution in [2.24, 2.45) is 0 Å². The molecular weight excluding hydrogens is 384 g/mol. The Labute approximate surface area is 133 Å². The summed E-state index contributed by atoms with van der Waals surface area (Å²) in [5, 5.41) is 0. The van der Waals surface area contributed by atoms with Crippen LogP contribution in [0.2, 0.25) is 0 Å². The van der Waals surface area contributed by atoms with E-state index < -0.39 is 0 Å². The molecule has 0 rings (SSSR count). The van der Waals surface area contributed by atoms with Gasteiger partial charge in [0, 0.05) is 0 Å². The second-order valence-electron chi connectivity index (χ2n) is 0. The summed E-state index contributed by atoms with van der Waals surface area (Å²) in [5.74, 6) is 0. The molecule has 0 heterocycles. The van der Waals surface area contributed by atoms with Crippen molar-refractivity contribution in [3.8, 4) is 0 Å². The first-order valence-electron chi connectivity index (χ1n) is 0. The lowest BCUT2D eigenvalue weighted by molar-refractivity contribution is 0.823. The van der Waals surface area contributed by atoms with Crippen molar-refractivity contribution in [2.75, 3.05) is 0 Å². The molecule has 48 N–H and O–H groups in total. The van der Waals surface area contributed by atoms with Crippen LogP contribution >= 0.6 is 0 Å². The molecule has 0 amide bonds. The number of rotatable bonds is 0. The average Bonchev–Trinajstić information content (AvgIpc) is 0. The second-order valence-corrected chi connectivity index (χ2v) is 0. The molecule has 0 spiro atoms. The first kappa shape index (κ1) is 12100. The predicted molar refractivity (Wildman–Crippen MR) is 86.7 cm³/mol. The van der Waals surface area contributed by atoms with E-state index in [4.69, 9.17) is 0 Å². The zero-order valence-corrected chi connectivity index (χ0v) is 12.0. The van der Waals surface area contributed by atoms with Crippen LogP contribution < -0.4 is 0 Å². The highest BCUT2D eigenvalue weighted by Crippen LogP contribution is -0.266. The molecule has 0 aromatic carbocycles. The van der Waals surface area contributed by atoms with Gasteiger partial charge in [-0.15, -0.1) is 0 Å². The van der Waals surface area contributed by atoms with Gasteiger partial charge >= 0.3 is 0 Å². The van der Waals surface area contributed by atoms with Crippen LogP contribution in [0.25, 0.3) is 0 Å². The van der Waals surface area contributed by atoms with Crippen LogP contribution in [-0.4, -0.2) is 131 Å². The smallest absolute Gasteiger partial charge is 0.412 e. The maximum absolute atomic E-state index is 0. The van der Waals surface area contributed by atoms with Crippen LogP contribution in [0.5, 0.6) is 0 Å². The molecule has 0 unspecified atom stereocenters. The molecule has 24 heteroatoms. The minimum absolute atomic E-state index is 0. The molecule has 0 fully saturated rings. The summed E-state index contributed by atoms with van der Waals surface area (Å²) in [4.78, 5) is 0. The van der Waals surface area contributed by atoms with Crippen molar-refractivity contribution in [3.63, 3.8) is 0 Å². The molecule has 0 aromatic heterocycles. The largest absolute Gasteiger partial charge is 0.412 e. The van der Waals surface area contributed by atoms with Crippen molar-refractivity contribution >= 4 is 0 Å². The molecule has 0 aromatic rings. The zero-order chi connectivity index (χ0) is 0. The third-order valence-corrected chi connectivity index (χ3v) is 0. The molecule has 24 nitrogen and oxygen atoms in total. The molecular formula is H48O24. The van der Waals surface area contributed by atoms with Crippen LogP contribution in [0, 0.1) is 0 Å². The lowest BCUT2D eigenvalue weighted by Gasteiger charge is -0.413. The van der Waals surface area contributed by atoms with Crippen molar-refractivity contribution in [1.82, 2.24) is 0 Å². The van der Waals surface area contributed by atoms with Crippen LogP contribution in [0.3, 0.4) is 0 Å². The van der Waals surface area contributed by atoms with Crippen LogP contribution in [0.4, 0.5) is 0 Å². The van der Waals surface area contributed by atoms with E-state index in [-0.39, 0.29) is 131 Å². The minimum Gasteiger partial charge on any atom is -0.412 e. The van der Waals surface area contributed by atoms with Gasteiger partial charge in [0.2, 0.25) is 0 Å². The summed E-state index contributed by atoms with van der Waals surface area (Å²) in [5.41, 5.74) is 0. The molecule has 0 saturated carbocycles. The Morgan fingerprint density at radius 1 is 0.0417 bits per heavy atom. The van der Waals surface area contributed by atoms with E-state index >= 15 is 0 Å². The van der Waals surface area contributed by atoms with E-state index in [1.165, 1.54) is 0 Å². The Morgan fingerprint density at radius 2 is 0.0417 bits per heavy atom. The summed E-state index contributed by atoms with van der Waals surface area (Å²) in [6.45, 7) is 0. The van der Waals surface area contributed by atoms with Gasteiger partial charge in [-0.3, -0.25) is 0 Å². The van der Waals surface area contributed by atoms with Gasteiger partial charge in [0.25, 0.3) is 0 Å². The van der Waals surface area contributed by atoms with Gasteiger partial charge in [0.15, 0.2) is 0 Å². The summed E-state index contributed by atoms with van der Waals surface area (Å²) in [7, 11) is 0. The third kappa shape index (κ3) is 9170. The highest BCUT2D eigenvalue weighted by molar-refractivity contribution is 0.847. The van der Waals surface area contributed by atoms with Gasteiger partial charge in [-0.2, -0.15) is 0 Å². The maximum atomic E-state index is 0. The van der Waals surface area contributed by atoms with Gasteiger partial charge in [-0.1, -0.05) is 0 Å². The number of hydrogen-bond donors (Lipinski definition) is 0. The lowest BCUT2D eigenvalue weighted by atomic mass is 16.0. The predicted octanol–water partition coefficient (Wildman–Crippen LogP) is -19.8. The average molecular weight is 432 g/mol. The molecule has 0 aliphatic heterocycles. The number of hydrogen-bond acceptors (Lipinski definition) is 0. The minimum atomic E-state index is 0. The van der Waals surface area contributed by atoms with Gasteiger partial charge in [-0.25, -0.2) is 0 Å². The van der Waals surface area contributed by atoms with E-state index in [0.717, 1.165) is 0 Å². The van der Waals surface area contributed by atoms with E-state index in [0.29, 0.717) is 0 Å². The zero-order valence-electron chi connectivity index (χ0n) is 12.0. The molecule has 0 atom stereocenters. The first-order valence-corrected chi connectivity index (χ1v) is 0. The standard InChI is InChI=1S/24H2O/h24*1H2. The molecule has 0 radical (unpaired) electrons. The fourth-order valence-electron chi connectivity index (χ4n) is 0. The second kappa shape index (κ2) is 10600. The monoisotopic (exact) mass is 432 g/mol. The topological polar surface area (TPSA) is 756 Å². The first-order chi connectivity index (χ1) is 0. The van der Waals surface area contributed by atoms with E-state index in [9.17, 15) is 0 Å². The normalized spacial score (nSPS) is 0. The van der Waals surface area contributed by atoms with Crippen molar-refractivity contribution in [2.45, 2.75) is 0 Å². The SMILES string of the molecule is O.O.O.O.O.O.O.O.O.O.O.O.O.O.O.O.O.O.O.O.O.O.O.O. The molecule has 0 aliphatic rings. The molecule has 24 heavy (non-hydrogen) atoms. The van der Waals surface area contributed by atoms with Crippen molar-refractivity contribution in [3.05, 3.63) is 0 Å². The van der Waals surface area contributed by atoms with Crippen molar-refractivity contribution < 1.29 is 131 Å². The lowest BCUT2D eigenvalue weighted by Crippen LogP contribution is -0.290. The fraction of sp³-hybridized carbons (Fsp3) is 0. The Balaban J connectivity index is 0. The van der Waals surface area contributed by atoms with Gasteiger partial charge in [0.1, 0.15) is 0 Å². The molecule has 0 saturated heterocycles. The molecule has 0 bridgehead atoms. The maximum Gasteiger partial charge on any atom is -0.412 e. The van der Waals surface area contributed by atoms with E-state index in [1.54, 1.807) is 0 Å².